The quantitative estimate of drug-likeness (QED) is 0.649. The van der Waals surface area contributed by atoms with Gasteiger partial charge in [0.2, 0.25) is 5.91 Å². The second-order valence-corrected chi connectivity index (χ2v) is 3.18. The fourth-order valence-corrected chi connectivity index (χ4v) is 0.973. The smallest absolute Gasteiger partial charge is 0.216 e. The summed E-state index contributed by atoms with van der Waals surface area (Å²) in [5.74, 6) is 0.701. The molecule has 2 heteroatoms. The van der Waals surface area contributed by atoms with Crippen LogP contribution in [-0.4, -0.2) is 12.5 Å². The van der Waals surface area contributed by atoms with E-state index in [0.29, 0.717) is 5.92 Å². The lowest BCUT2D eigenvalue weighted by molar-refractivity contribution is -0.119. The molecule has 0 spiro atoms. The molecule has 0 radical (unpaired) electrons. The van der Waals surface area contributed by atoms with E-state index in [1.54, 1.807) is 6.92 Å². The van der Waals surface area contributed by atoms with E-state index in [0.717, 1.165) is 6.54 Å². The van der Waals surface area contributed by atoms with E-state index >= 15 is 0 Å². The van der Waals surface area contributed by atoms with E-state index in [1.807, 2.05) is 0 Å². The molecule has 0 bridgehead atoms. The van der Waals surface area contributed by atoms with Gasteiger partial charge in [0.05, 0.1) is 0 Å². The number of nitrogens with one attached hydrogen (secondary N) is 1. The summed E-state index contributed by atoms with van der Waals surface area (Å²) in [7, 11) is 0. The number of hydrogen-bond acceptors (Lipinski definition) is 1. The predicted molar refractivity (Wildman–Crippen MR) is 47.4 cm³/mol. The van der Waals surface area contributed by atoms with Crippen LogP contribution in [-0.2, 0) is 4.79 Å². The van der Waals surface area contributed by atoms with Gasteiger partial charge in [-0.25, -0.2) is 0 Å². The summed E-state index contributed by atoms with van der Waals surface area (Å²) in [6.45, 7) is 6.75. The van der Waals surface area contributed by atoms with Crippen molar-refractivity contribution in [3.8, 4) is 0 Å². The Bertz CT molecular complexity index is 112. The Morgan fingerprint density at radius 2 is 2.18 bits per heavy atom. The van der Waals surface area contributed by atoms with Crippen LogP contribution in [0.2, 0.25) is 0 Å². The molecule has 0 unspecified atom stereocenters. The highest BCUT2D eigenvalue weighted by Crippen LogP contribution is 2.05. The van der Waals surface area contributed by atoms with Crippen LogP contribution in [0.4, 0.5) is 0 Å². The Labute approximate surface area is 69.4 Å². The van der Waals surface area contributed by atoms with Crippen molar-refractivity contribution < 1.29 is 4.79 Å². The molecule has 0 aliphatic carbocycles. The van der Waals surface area contributed by atoms with Gasteiger partial charge < -0.3 is 5.32 Å². The lowest BCUT2D eigenvalue weighted by Gasteiger charge is -2.10. The number of rotatable bonds is 5. The Morgan fingerprint density at radius 3 is 2.64 bits per heavy atom. The number of unbranched alkanes of at least 4 members (excludes halogenated alkanes) is 1. The zero-order chi connectivity index (χ0) is 8.69. The Kier molecular flexibility index (Phi) is 5.90. The average molecular weight is 157 g/mol. The zero-order valence-electron chi connectivity index (χ0n) is 7.81. The van der Waals surface area contributed by atoms with Crippen molar-refractivity contribution in [2.24, 2.45) is 5.92 Å². The van der Waals surface area contributed by atoms with Crippen molar-refractivity contribution in [1.82, 2.24) is 5.32 Å². The summed E-state index contributed by atoms with van der Waals surface area (Å²) in [4.78, 5) is 10.5. The maximum absolute atomic E-state index is 10.5. The molecule has 0 aliphatic rings. The summed E-state index contributed by atoms with van der Waals surface area (Å²) in [6, 6.07) is 0. The first-order valence-corrected chi connectivity index (χ1v) is 4.41. The van der Waals surface area contributed by atoms with Crippen molar-refractivity contribution in [2.75, 3.05) is 6.54 Å². The maximum Gasteiger partial charge on any atom is 0.216 e. The molecule has 0 heterocycles. The molecule has 0 aromatic carbocycles. The minimum absolute atomic E-state index is 0.0772. The van der Waals surface area contributed by atoms with E-state index in [9.17, 15) is 4.79 Å². The van der Waals surface area contributed by atoms with Crippen LogP contribution in [0.15, 0.2) is 0 Å². The van der Waals surface area contributed by atoms with Gasteiger partial charge in [-0.1, -0.05) is 26.7 Å². The van der Waals surface area contributed by atoms with Crippen molar-refractivity contribution >= 4 is 5.91 Å². The summed E-state index contributed by atoms with van der Waals surface area (Å²) < 4.78 is 0. The Morgan fingerprint density at radius 1 is 1.55 bits per heavy atom. The standard InChI is InChI=1S/C9H19NO/c1-4-5-6-8(2)7-10-9(3)11/h8H,4-7H2,1-3H3,(H,10,11)/t8-/m1/s1. The SMILES string of the molecule is CCCC[C@@H](C)CNC(C)=O. The predicted octanol–water partition coefficient (Wildman–Crippen LogP) is 1.95. The first kappa shape index (κ1) is 10.5. The van der Waals surface area contributed by atoms with Crippen LogP contribution in [0, 0.1) is 5.92 Å². The summed E-state index contributed by atoms with van der Waals surface area (Å²) >= 11 is 0. The van der Waals surface area contributed by atoms with Crippen LogP contribution in [0.3, 0.4) is 0 Å². The fourth-order valence-electron chi connectivity index (χ4n) is 0.973. The fraction of sp³-hybridized carbons (Fsp3) is 0.889. The average Bonchev–Trinajstić information content (AvgIpc) is 1.97. The molecule has 1 amide bonds. The summed E-state index contributed by atoms with van der Waals surface area (Å²) in [5.41, 5.74) is 0. The molecule has 0 saturated carbocycles. The van der Waals surface area contributed by atoms with Gasteiger partial charge in [0, 0.05) is 13.5 Å². The normalized spacial score (nSPS) is 12.6. The Balaban J connectivity index is 3.22. The molecule has 0 aliphatic heterocycles. The molecule has 11 heavy (non-hydrogen) atoms. The van der Waals surface area contributed by atoms with E-state index < -0.39 is 0 Å². The van der Waals surface area contributed by atoms with Crippen LogP contribution in [0.5, 0.6) is 0 Å². The van der Waals surface area contributed by atoms with Gasteiger partial charge in [0.25, 0.3) is 0 Å². The van der Waals surface area contributed by atoms with E-state index in [4.69, 9.17) is 0 Å². The third kappa shape index (κ3) is 7.37. The number of carbonyl (C=O) groups is 1. The summed E-state index contributed by atoms with van der Waals surface area (Å²) in [5, 5.41) is 2.82. The van der Waals surface area contributed by atoms with Gasteiger partial charge >= 0.3 is 0 Å². The van der Waals surface area contributed by atoms with Crippen molar-refractivity contribution in [2.45, 2.75) is 40.0 Å². The van der Waals surface area contributed by atoms with E-state index in [-0.39, 0.29) is 5.91 Å². The maximum atomic E-state index is 10.5. The molecule has 0 rings (SSSR count). The van der Waals surface area contributed by atoms with Crippen LogP contribution >= 0.6 is 0 Å². The van der Waals surface area contributed by atoms with Gasteiger partial charge in [0.1, 0.15) is 0 Å². The molecule has 66 valence electrons. The zero-order valence-corrected chi connectivity index (χ0v) is 7.81. The molecule has 0 saturated heterocycles. The van der Waals surface area contributed by atoms with Crippen LogP contribution in [0.25, 0.3) is 0 Å². The first-order chi connectivity index (χ1) is 5.16. The molecule has 1 N–H and O–H groups in total. The minimum Gasteiger partial charge on any atom is -0.356 e. The highest BCUT2D eigenvalue weighted by molar-refractivity contribution is 5.72. The van der Waals surface area contributed by atoms with Crippen molar-refractivity contribution in [1.29, 1.82) is 0 Å². The van der Waals surface area contributed by atoms with Gasteiger partial charge in [0.15, 0.2) is 0 Å². The van der Waals surface area contributed by atoms with Crippen molar-refractivity contribution in [3.05, 3.63) is 0 Å². The Hall–Kier alpha value is -0.530. The molecule has 2 nitrogen and oxygen atoms in total. The molecular weight excluding hydrogens is 138 g/mol. The van der Waals surface area contributed by atoms with E-state index in [1.165, 1.54) is 19.3 Å². The van der Waals surface area contributed by atoms with Gasteiger partial charge in [-0.2, -0.15) is 0 Å². The molecule has 1 atom stereocenters. The minimum atomic E-state index is 0.0772. The number of hydrogen-bond donors (Lipinski definition) is 1. The highest BCUT2D eigenvalue weighted by Gasteiger charge is 2.00. The molecule has 0 aromatic heterocycles. The third-order valence-corrected chi connectivity index (χ3v) is 1.75. The largest absolute Gasteiger partial charge is 0.356 e. The second kappa shape index (κ2) is 6.20. The lowest BCUT2D eigenvalue weighted by atomic mass is 10.0. The van der Waals surface area contributed by atoms with E-state index in [2.05, 4.69) is 19.2 Å². The molecule has 0 aromatic rings. The highest BCUT2D eigenvalue weighted by atomic mass is 16.1. The lowest BCUT2D eigenvalue weighted by Crippen LogP contribution is -2.25. The van der Waals surface area contributed by atoms with Crippen molar-refractivity contribution in [3.63, 3.8) is 0 Å². The van der Waals surface area contributed by atoms with Crippen LogP contribution < -0.4 is 5.32 Å². The monoisotopic (exact) mass is 157 g/mol. The van der Waals surface area contributed by atoms with Gasteiger partial charge in [-0.3, -0.25) is 4.79 Å². The number of amides is 1. The third-order valence-electron chi connectivity index (χ3n) is 1.75. The topological polar surface area (TPSA) is 29.1 Å². The molecular formula is C9H19NO. The molecule has 0 fully saturated rings. The van der Waals surface area contributed by atoms with Gasteiger partial charge in [-0.05, 0) is 12.3 Å². The first-order valence-electron chi connectivity index (χ1n) is 4.41. The van der Waals surface area contributed by atoms with Crippen LogP contribution in [0.1, 0.15) is 40.0 Å². The van der Waals surface area contributed by atoms with Gasteiger partial charge in [-0.15, -0.1) is 0 Å². The summed E-state index contributed by atoms with van der Waals surface area (Å²) in [6.07, 6.45) is 3.72. The second-order valence-electron chi connectivity index (χ2n) is 3.18. The number of carbonyl (C=O) groups excluding carboxylic acids is 1.